The van der Waals surface area contributed by atoms with E-state index in [2.05, 4.69) is 67.8 Å². The highest BCUT2D eigenvalue weighted by Crippen LogP contribution is 2.36. The molecule has 1 amide bonds. The first kappa shape index (κ1) is 24.3. The minimum atomic E-state index is -1.13. The first-order valence-electron chi connectivity index (χ1n) is 12.3. The number of hydrogen-bond acceptors (Lipinski definition) is 5. The highest BCUT2D eigenvalue weighted by atomic mass is 16.4. The van der Waals surface area contributed by atoms with E-state index in [1.165, 1.54) is 41.9 Å². The van der Waals surface area contributed by atoms with Crippen molar-refractivity contribution in [2.45, 2.75) is 77.5 Å². The van der Waals surface area contributed by atoms with Gasteiger partial charge in [0.25, 0.3) is 0 Å². The number of carboxylic acids is 1. The van der Waals surface area contributed by atoms with Gasteiger partial charge in [0, 0.05) is 49.1 Å². The Labute approximate surface area is 202 Å². The summed E-state index contributed by atoms with van der Waals surface area (Å²) in [7, 11) is 2.19. The fraction of sp³-hybridized carbons (Fsp3) is 0.577. The van der Waals surface area contributed by atoms with E-state index >= 15 is 0 Å². The minimum Gasteiger partial charge on any atom is -0.476 e. The molecule has 0 bridgehead atoms. The lowest BCUT2D eigenvalue weighted by molar-refractivity contribution is 0.0585. The third kappa shape index (κ3) is 4.69. The number of nitrogens with zero attached hydrogens (tertiary/aromatic N) is 5. The van der Waals surface area contributed by atoms with E-state index in [0.717, 1.165) is 24.1 Å². The third-order valence-electron chi connectivity index (χ3n) is 7.92. The van der Waals surface area contributed by atoms with Crippen LogP contribution in [0.25, 0.3) is 0 Å². The van der Waals surface area contributed by atoms with E-state index in [9.17, 15) is 9.59 Å². The normalized spacial score (nSPS) is 22.4. The number of anilines is 1. The second-order valence-corrected chi connectivity index (χ2v) is 10.4. The third-order valence-corrected chi connectivity index (χ3v) is 7.92. The van der Waals surface area contributed by atoms with E-state index in [1.807, 2.05) is 0 Å². The fourth-order valence-corrected chi connectivity index (χ4v) is 5.42. The molecule has 0 unspecified atom stereocenters. The summed E-state index contributed by atoms with van der Waals surface area (Å²) in [6.07, 6.45) is 5.58. The molecule has 0 saturated carbocycles. The molecule has 1 N–H and O–H groups in total. The molecule has 34 heavy (non-hydrogen) atoms. The van der Waals surface area contributed by atoms with Crippen LogP contribution >= 0.6 is 0 Å². The molecule has 3 heterocycles. The molecule has 2 saturated heterocycles. The van der Waals surface area contributed by atoms with Gasteiger partial charge in [-0.1, -0.05) is 12.1 Å². The van der Waals surface area contributed by atoms with Gasteiger partial charge in [-0.15, -0.1) is 0 Å². The van der Waals surface area contributed by atoms with Crippen molar-refractivity contribution in [1.82, 2.24) is 19.6 Å². The van der Waals surface area contributed by atoms with Crippen molar-refractivity contribution in [3.63, 3.8) is 0 Å². The Morgan fingerprint density at radius 2 is 1.79 bits per heavy atom. The molecule has 0 aliphatic carbocycles. The van der Waals surface area contributed by atoms with Crippen LogP contribution in [0.15, 0.2) is 30.5 Å². The highest BCUT2D eigenvalue weighted by molar-refractivity contribution is 5.86. The smallest absolute Gasteiger partial charge is 0.356 e. The summed E-state index contributed by atoms with van der Waals surface area (Å²) in [6, 6.07) is 9.00. The lowest BCUT2D eigenvalue weighted by atomic mass is 9.87. The van der Waals surface area contributed by atoms with Gasteiger partial charge < -0.3 is 14.9 Å². The molecule has 0 spiro atoms. The van der Waals surface area contributed by atoms with Crippen LogP contribution in [0.3, 0.4) is 0 Å². The Bertz CT molecular complexity index is 1050. The summed E-state index contributed by atoms with van der Waals surface area (Å²) in [5.74, 6) is -1.13. The van der Waals surface area contributed by atoms with Gasteiger partial charge >= 0.3 is 12.0 Å². The molecule has 1 aromatic carbocycles. The van der Waals surface area contributed by atoms with Crippen molar-refractivity contribution < 1.29 is 14.7 Å². The molecule has 2 aromatic rings. The number of aryl methyl sites for hydroxylation is 1. The van der Waals surface area contributed by atoms with E-state index in [4.69, 9.17) is 5.11 Å². The second kappa shape index (κ2) is 9.41. The number of hydrogen-bond donors (Lipinski definition) is 1. The Morgan fingerprint density at radius 1 is 1.15 bits per heavy atom. The summed E-state index contributed by atoms with van der Waals surface area (Å²) in [5, 5.41) is 13.0. The predicted molar refractivity (Wildman–Crippen MR) is 132 cm³/mol. The first-order chi connectivity index (χ1) is 16.1. The lowest BCUT2D eigenvalue weighted by Crippen LogP contribution is -2.53. The number of likely N-dealkylation sites (tertiary alicyclic amines) is 1. The van der Waals surface area contributed by atoms with Gasteiger partial charge in [0.2, 0.25) is 0 Å². The van der Waals surface area contributed by atoms with Crippen LogP contribution in [0, 0.1) is 6.92 Å². The zero-order chi connectivity index (χ0) is 24.6. The van der Waals surface area contributed by atoms with Crippen LogP contribution in [0.4, 0.5) is 10.5 Å². The van der Waals surface area contributed by atoms with Crippen LogP contribution in [-0.2, 0) is 6.54 Å². The van der Waals surface area contributed by atoms with Crippen molar-refractivity contribution in [3.8, 4) is 0 Å². The van der Waals surface area contributed by atoms with Gasteiger partial charge in [0.05, 0.1) is 0 Å². The maximum Gasteiger partial charge on any atom is 0.356 e. The number of piperidine rings is 1. The maximum absolute atomic E-state index is 12.8. The molecule has 2 atom stereocenters. The van der Waals surface area contributed by atoms with E-state index in [1.54, 1.807) is 4.90 Å². The van der Waals surface area contributed by atoms with Crippen molar-refractivity contribution in [2.24, 2.45) is 0 Å². The predicted octanol–water partition coefficient (Wildman–Crippen LogP) is 4.22. The summed E-state index contributed by atoms with van der Waals surface area (Å²) in [4.78, 5) is 30.7. The van der Waals surface area contributed by atoms with Crippen LogP contribution in [0.5, 0.6) is 0 Å². The van der Waals surface area contributed by atoms with Gasteiger partial charge in [-0.05, 0) is 83.7 Å². The van der Waals surface area contributed by atoms with E-state index in [0.29, 0.717) is 25.2 Å². The molecule has 4 rings (SSSR count). The van der Waals surface area contributed by atoms with E-state index in [-0.39, 0.29) is 17.3 Å². The largest absolute Gasteiger partial charge is 0.476 e. The second-order valence-electron chi connectivity index (χ2n) is 10.4. The molecule has 184 valence electrons. The van der Waals surface area contributed by atoms with Crippen molar-refractivity contribution >= 4 is 17.7 Å². The monoisotopic (exact) mass is 467 g/mol. The number of aromatic carboxylic acids is 1. The Hall–Kier alpha value is -2.87. The van der Waals surface area contributed by atoms with Crippen molar-refractivity contribution in [3.05, 3.63) is 47.3 Å². The molecular weight excluding hydrogens is 430 g/mol. The van der Waals surface area contributed by atoms with E-state index < -0.39 is 5.97 Å². The maximum atomic E-state index is 12.8. The number of carboxylic acid groups (broad SMARTS) is 1. The quantitative estimate of drug-likeness (QED) is 0.709. The summed E-state index contributed by atoms with van der Waals surface area (Å²) >= 11 is 0. The topological polar surface area (TPSA) is 81.9 Å². The molecule has 2 fully saturated rings. The number of carbonyl (C=O) groups excluding carboxylic acids is 1. The number of rotatable bonds is 5. The molecule has 0 radical (unpaired) electrons. The summed E-state index contributed by atoms with van der Waals surface area (Å²) in [6.45, 7) is 11.2. The number of benzene rings is 1. The van der Waals surface area contributed by atoms with Crippen LogP contribution in [0.2, 0.25) is 0 Å². The van der Waals surface area contributed by atoms with Gasteiger partial charge in [0.15, 0.2) is 5.69 Å². The van der Waals surface area contributed by atoms with Gasteiger partial charge in [-0.2, -0.15) is 9.78 Å². The average Bonchev–Trinajstić information content (AvgIpc) is 3.42. The van der Waals surface area contributed by atoms with Gasteiger partial charge in [0.1, 0.15) is 0 Å². The van der Waals surface area contributed by atoms with Crippen LogP contribution in [0.1, 0.15) is 68.1 Å². The zero-order valence-electron chi connectivity index (χ0n) is 21.0. The number of amides is 1. The van der Waals surface area contributed by atoms with Crippen molar-refractivity contribution in [2.75, 3.05) is 25.0 Å². The summed E-state index contributed by atoms with van der Waals surface area (Å²) < 4.78 is 1.13. The zero-order valence-corrected chi connectivity index (χ0v) is 21.0. The number of aromatic nitrogens is 2. The average molecular weight is 468 g/mol. The molecular formula is C26H37N5O3. The Morgan fingerprint density at radius 3 is 2.38 bits per heavy atom. The standard InChI is InChI=1S/C26H37N5O3/c1-18-6-9-21(23(16-18)31-19(2)7-8-20(31)3)17-28(5)26(4)11-14-29(15-12-26)25(34)30-13-10-22(27-30)24(32)33/h6,9-10,13,16,19-20H,7-8,11-12,14-15,17H2,1-5H3,(H,32,33)/t19-,20-/m0/s1. The number of carbonyl (C=O) groups is 2. The molecule has 2 aliphatic heterocycles. The summed E-state index contributed by atoms with van der Waals surface area (Å²) in [5.41, 5.74) is 3.85. The molecule has 1 aromatic heterocycles. The van der Waals surface area contributed by atoms with Crippen LogP contribution < -0.4 is 4.90 Å². The Balaban J connectivity index is 1.44. The fourth-order valence-electron chi connectivity index (χ4n) is 5.42. The van der Waals surface area contributed by atoms with Crippen molar-refractivity contribution in [1.29, 1.82) is 0 Å². The van der Waals surface area contributed by atoms with Gasteiger partial charge in [-0.25, -0.2) is 9.59 Å². The van der Waals surface area contributed by atoms with Gasteiger partial charge in [-0.3, -0.25) is 4.90 Å². The molecule has 2 aliphatic rings. The highest BCUT2D eigenvalue weighted by Gasteiger charge is 2.36. The SMILES string of the molecule is Cc1ccc(CN(C)C2(C)CCN(C(=O)n3ccc(C(=O)O)n3)CC2)c(N2[C@@H](C)CC[C@@H]2C)c1. The van der Waals surface area contributed by atoms with Crippen LogP contribution in [-0.4, -0.2) is 74.4 Å². The molecule has 8 nitrogen and oxygen atoms in total. The lowest BCUT2D eigenvalue weighted by Gasteiger charge is -2.45. The Kier molecular flexibility index (Phi) is 6.71. The molecule has 8 heteroatoms. The first-order valence-corrected chi connectivity index (χ1v) is 12.3. The minimum absolute atomic E-state index is 0.0302.